The van der Waals surface area contributed by atoms with Crippen molar-refractivity contribution in [2.24, 2.45) is 5.73 Å². The average Bonchev–Trinajstić information content (AvgIpc) is 2.30. The normalized spacial score (nSPS) is 41.6. The van der Waals surface area contributed by atoms with Crippen LogP contribution < -0.4 is 5.73 Å². The standard InChI is InChI=1S/C6H11NO5/c7-6(11)5-4(10)3(9)2(1-8)12-5/h2-5,8-10H,1H2,(H2,7,11)/t2-,3-,4+,5?/m1/s1. The van der Waals surface area contributed by atoms with E-state index in [1.165, 1.54) is 0 Å². The van der Waals surface area contributed by atoms with Gasteiger partial charge in [0.05, 0.1) is 6.61 Å². The number of hydrogen-bond donors (Lipinski definition) is 4. The van der Waals surface area contributed by atoms with Gasteiger partial charge in [0, 0.05) is 0 Å². The first kappa shape index (κ1) is 9.40. The molecule has 0 aromatic heterocycles. The molecule has 6 nitrogen and oxygen atoms in total. The minimum Gasteiger partial charge on any atom is -0.394 e. The highest BCUT2D eigenvalue weighted by Crippen LogP contribution is 2.20. The second-order valence-corrected chi connectivity index (χ2v) is 2.66. The number of aliphatic hydroxyl groups is 3. The molecular formula is C6H11NO5. The number of carbonyl (C=O) groups excluding carboxylic acids is 1. The molecule has 0 aromatic rings. The Labute approximate surface area is 68.6 Å². The highest BCUT2D eigenvalue weighted by atomic mass is 16.6. The van der Waals surface area contributed by atoms with E-state index in [1.807, 2.05) is 0 Å². The molecule has 1 heterocycles. The van der Waals surface area contributed by atoms with E-state index in [4.69, 9.17) is 25.8 Å². The number of carbonyl (C=O) groups is 1. The summed E-state index contributed by atoms with van der Waals surface area (Å²) < 4.78 is 4.77. The van der Waals surface area contributed by atoms with Crippen molar-refractivity contribution in [3.05, 3.63) is 0 Å². The molecular weight excluding hydrogens is 166 g/mol. The van der Waals surface area contributed by atoms with Crippen LogP contribution in [0.3, 0.4) is 0 Å². The van der Waals surface area contributed by atoms with Crippen LogP contribution in [0, 0.1) is 0 Å². The molecule has 1 unspecified atom stereocenters. The van der Waals surface area contributed by atoms with E-state index < -0.39 is 36.9 Å². The van der Waals surface area contributed by atoms with Crippen molar-refractivity contribution >= 4 is 5.91 Å². The number of amides is 1. The van der Waals surface area contributed by atoms with Gasteiger partial charge in [0.1, 0.15) is 18.3 Å². The van der Waals surface area contributed by atoms with Gasteiger partial charge in [-0.05, 0) is 0 Å². The number of rotatable bonds is 2. The molecule has 4 atom stereocenters. The van der Waals surface area contributed by atoms with Gasteiger partial charge in [-0.3, -0.25) is 4.79 Å². The predicted octanol–water partition coefficient (Wildman–Crippen LogP) is -3.05. The number of primary amides is 1. The van der Waals surface area contributed by atoms with Crippen LogP contribution in [0.25, 0.3) is 0 Å². The fraction of sp³-hybridized carbons (Fsp3) is 0.833. The van der Waals surface area contributed by atoms with E-state index in [9.17, 15) is 4.79 Å². The summed E-state index contributed by atoms with van der Waals surface area (Å²) in [6.07, 6.45) is -4.76. The quantitative estimate of drug-likeness (QED) is 0.358. The van der Waals surface area contributed by atoms with Crippen molar-refractivity contribution in [2.45, 2.75) is 24.4 Å². The van der Waals surface area contributed by atoms with Crippen LogP contribution in [0.15, 0.2) is 0 Å². The molecule has 1 aliphatic heterocycles. The van der Waals surface area contributed by atoms with Gasteiger partial charge in [0.15, 0.2) is 6.10 Å². The van der Waals surface area contributed by atoms with E-state index in [-0.39, 0.29) is 0 Å². The lowest BCUT2D eigenvalue weighted by Crippen LogP contribution is -2.39. The molecule has 0 aliphatic carbocycles. The second-order valence-electron chi connectivity index (χ2n) is 2.66. The van der Waals surface area contributed by atoms with Crippen LogP contribution in [0.1, 0.15) is 0 Å². The van der Waals surface area contributed by atoms with Crippen molar-refractivity contribution in [1.82, 2.24) is 0 Å². The highest BCUT2D eigenvalue weighted by molar-refractivity contribution is 5.80. The van der Waals surface area contributed by atoms with Gasteiger partial charge in [-0.15, -0.1) is 0 Å². The third kappa shape index (κ3) is 1.42. The molecule has 0 saturated carbocycles. The summed E-state index contributed by atoms with van der Waals surface area (Å²) in [4.78, 5) is 10.6. The molecule has 0 aromatic carbocycles. The first-order valence-electron chi connectivity index (χ1n) is 3.49. The Hall–Kier alpha value is -0.690. The Kier molecular flexibility index (Phi) is 2.63. The fourth-order valence-corrected chi connectivity index (χ4v) is 1.13. The maximum atomic E-state index is 10.6. The van der Waals surface area contributed by atoms with Crippen molar-refractivity contribution in [2.75, 3.05) is 6.61 Å². The van der Waals surface area contributed by atoms with Crippen molar-refractivity contribution in [3.63, 3.8) is 0 Å². The molecule has 1 aliphatic rings. The summed E-state index contributed by atoms with van der Waals surface area (Å²) in [6.45, 7) is -0.456. The first-order valence-corrected chi connectivity index (χ1v) is 3.49. The maximum absolute atomic E-state index is 10.6. The molecule has 5 N–H and O–H groups in total. The van der Waals surface area contributed by atoms with E-state index in [2.05, 4.69) is 0 Å². The molecule has 1 saturated heterocycles. The van der Waals surface area contributed by atoms with E-state index >= 15 is 0 Å². The van der Waals surface area contributed by atoms with Crippen LogP contribution in [0.2, 0.25) is 0 Å². The third-order valence-corrected chi connectivity index (χ3v) is 1.82. The molecule has 1 rings (SSSR count). The van der Waals surface area contributed by atoms with Gasteiger partial charge in [0.2, 0.25) is 5.91 Å². The van der Waals surface area contributed by atoms with Crippen LogP contribution in [-0.2, 0) is 9.53 Å². The molecule has 6 heteroatoms. The topological polar surface area (TPSA) is 113 Å². The maximum Gasteiger partial charge on any atom is 0.249 e. The Morgan fingerprint density at radius 3 is 2.25 bits per heavy atom. The number of aliphatic hydroxyl groups excluding tert-OH is 3. The van der Waals surface area contributed by atoms with Gasteiger partial charge in [-0.2, -0.15) is 0 Å². The molecule has 1 amide bonds. The lowest BCUT2D eigenvalue weighted by atomic mass is 10.1. The number of nitrogens with two attached hydrogens (primary N) is 1. The van der Waals surface area contributed by atoms with E-state index in [0.717, 1.165) is 0 Å². The lowest BCUT2D eigenvalue weighted by Gasteiger charge is -2.10. The van der Waals surface area contributed by atoms with Crippen LogP contribution >= 0.6 is 0 Å². The molecule has 0 radical (unpaired) electrons. The van der Waals surface area contributed by atoms with Crippen molar-refractivity contribution in [3.8, 4) is 0 Å². The summed E-state index contributed by atoms with van der Waals surface area (Å²) in [7, 11) is 0. The fourth-order valence-electron chi connectivity index (χ4n) is 1.13. The van der Waals surface area contributed by atoms with Crippen molar-refractivity contribution < 1.29 is 24.9 Å². The van der Waals surface area contributed by atoms with E-state index in [0.29, 0.717) is 0 Å². The van der Waals surface area contributed by atoms with Gasteiger partial charge in [0.25, 0.3) is 0 Å². The zero-order chi connectivity index (χ0) is 9.30. The summed E-state index contributed by atoms with van der Waals surface area (Å²) in [5.74, 6) is -0.850. The molecule has 0 bridgehead atoms. The SMILES string of the molecule is NC(=O)C1O[C@H](CO)[C@@H](O)[C@@H]1O. The smallest absolute Gasteiger partial charge is 0.249 e. The minimum absolute atomic E-state index is 0.456. The Bertz CT molecular complexity index is 185. The van der Waals surface area contributed by atoms with Gasteiger partial charge >= 0.3 is 0 Å². The second kappa shape index (κ2) is 3.36. The molecule has 12 heavy (non-hydrogen) atoms. The Morgan fingerprint density at radius 1 is 1.42 bits per heavy atom. The minimum atomic E-state index is -1.35. The molecule has 0 spiro atoms. The largest absolute Gasteiger partial charge is 0.394 e. The summed E-state index contributed by atoms with van der Waals surface area (Å²) >= 11 is 0. The van der Waals surface area contributed by atoms with Gasteiger partial charge in [-0.1, -0.05) is 0 Å². The Morgan fingerprint density at radius 2 is 2.00 bits per heavy atom. The van der Waals surface area contributed by atoms with Crippen LogP contribution in [-0.4, -0.2) is 52.2 Å². The van der Waals surface area contributed by atoms with Gasteiger partial charge in [-0.25, -0.2) is 0 Å². The zero-order valence-electron chi connectivity index (χ0n) is 6.25. The third-order valence-electron chi connectivity index (χ3n) is 1.82. The summed E-state index contributed by atoms with van der Waals surface area (Å²) in [5.41, 5.74) is 4.85. The van der Waals surface area contributed by atoms with Crippen LogP contribution in [0.5, 0.6) is 0 Å². The predicted molar refractivity (Wildman–Crippen MR) is 37.0 cm³/mol. The highest BCUT2D eigenvalue weighted by Gasteiger charge is 2.44. The van der Waals surface area contributed by atoms with E-state index in [1.54, 1.807) is 0 Å². The lowest BCUT2D eigenvalue weighted by molar-refractivity contribution is -0.133. The molecule has 70 valence electrons. The molecule has 1 fully saturated rings. The number of ether oxygens (including phenoxy) is 1. The average molecular weight is 177 g/mol. The number of hydrogen-bond acceptors (Lipinski definition) is 5. The Balaban J connectivity index is 2.66. The van der Waals surface area contributed by atoms with Crippen molar-refractivity contribution in [1.29, 1.82) is 0 Å². The van der Waals surface area contributed by atoms with Gasteiger partial charge < -0.3 is 25.8 Å². The summed E-state index contributed by atoms with van der Waals surface area (Å²) in [6, 6.07) is 0. The monoisotopic (exact) mass is 177 g/mol. The van der Waals surface area contributed by atoms with Crippen LogP contribution in [0.4, 0.5) is 0 Å². The zero-order valence-corrected chi connectivity index (χ0v) is 6.25. The summed E-state index contributed by atoms with van der Waals surface area (Å²) in [5, 5.41) is 26.9. The first-order chi connectivity index (χ1) is 5.57.